The maximum absolute atomic E-state index is 13.0. The third-order valence-corrected chi connectivity index (χ3v) is 20.1. The molecule has 0 aromatic heterocycles. The number of carbonyl (C=O) groups is 2. The molecule has 0 bridgehead atoms. The predicted molar refractivity (Wildman–Crippen MR) is 312 cm³/mol. The van der Waals surface area contributed by atoms with Crippen molar-refractivity contribution < 1.29 is 760 Å². The van der Waals surface area contributed by atoms with Gasteiger partial charge in [-0.1, -0.05) is 0 Å². The number of carboxylic acid groups (broad SMARTS) is 2. The molecule has 0 aromatic rings. The molecule has 6 aliphatic rings. The summed E-state index contributed by atoms with van der Waals surface area (Å²) in [5.74, 6) is -4.45. The Bertz CT molecular complexity index is 3420. The standard InChI is InChI=1S/C18H32N2O42S9.C18H32N2O24S3.13Na.2Y/c21-15(22)13-11(44-17-6(20-64-58-52-25)10(48-67-61-55-28)8(46-65-59-53-26)4(42-17)2-40-70(33,34)35)12(49-68-62-56-29)14(50-71(36,37)38)18(45-13)43-7-3(1-39-69(30,31)32)41-16(23)5(19-63-57-51-24)9(7)47-66-60-54-27;21-1-3-7(23)8(24)6(20-46-44-42-31)17(36-3)38-12-10(26)13(40-47(32,33)34)18(39-14(12)15(27)28)37-11-4(2-22)35-16(29)5(9(11)25)19-45-43-41-30;;;;;;;;;;;;;;;/h3-14,16-20,23-29H,1-2H2,(H,21,22)(H,30,31,32)(H,33,34,35)(H,36,37,38);3-14,16-26,29-31H,1-2H2,(H,27,28)(H,32,33,34);;;;;;;;;;;;;;;/q;;13*+1;;/p-13/t3?,4?,5?,6?,7-,8-,9+,10+,11+,12-,13?,14?,16+,17-,18-;3?,4?,5?,6?,7-,8-,9-,10+,11-,12+,13?,14?,16+,17-,18-;;;;;;;;;;;;;;;/m11.............../s1. The number of aliphatic carboxylic acids is 2. The fourth-order valence-corrected chi connectivity index (χ4v) is 15.1. The summed E-state index contributed by atoms with van der Waals surface area (Å²) in [7, 11) is -23.5. The molecule has 0 aromatic carbocycles. The number of hydrogen-bond acceptors (Lipinski definition) is 77. The first-order valence-electron chi connectivity index (χ1n) is 29.2. The van der Waals surface area contributed by atoms with E-state index in [0.29, 0.717) is 0 Å². The molecule has 30 atom stereocenters. The van der Waals surface area contributed by atoms with Crippen LogP contribution in [0.5, 0.6) is 0 Å². The van der Waals surface area contributed by atoms with Gasteiger partial charge < -0.3 is 163 Å². The Labute approximate surface area is 1120 Å². The minimum absolute atomic E-state index is 0. The summed E-state index contributed by atoms with van der Waals surface area (Å²) in [5.41, 5.74) is 0. The Hall–Kier alpha value is 14.4. The molecule has 6 saturated heterocycles. The molecule has 2 radical (unpaired) electrons. The fourth-order valence-electron chi connectivity index (χ4n) is 10.4. The molecule has 97 heteroatoms. The third-order valence-electron chi connectivity index (χ3n) is 14.7. The molecule has 6 rings (SSSR count). The molecular weight excluding hydrogens is 2410 g/mol. The van der Waals surface area contributed by atoms with Gasteiger partial charge in [0.1, 0.15) is 165 Å². The monoisotopic (exact) mass is 2460 g/mol. The van der Waals surface area contributed by atoms with Gasteiger partial charge in [-0.3, -0.25) is 73.8 Å². The van der Waals surface area contributed by atoms with Crippen molar-refractivity contribution in [2.45, 2.75) is 184 Å². The van der Waals surface area contributed by atoms with Crippen molar-refractivity contribution in [3.63, 3.8) is 0 Å². The van der Waals surface area contributed by atoms with Crippen molar-refractivity contribution in [1.29, 1.82) is 0 Å². The molecule has 0 saturated carbocycles. The Morgan fingerprint density at radius 1 is 0.323 bits per heavy atom. The van der Waals surface area contributed by atoms with E-state index in [0.717, 1.165) is 0 Å². The maximum Gasteiger partial charge on any atom is 1.00 e. The van der Waals surface area contributed by atoms with E-state index >= 15 is 0 Å². The van der Waals surface area contributed by atoms with Gasteiger partial charge in [0.25, 0.3) is 0 Å². The number of hydrogen-bond donors (Lipinski definition) is 13. The number of carboxylic acids is 2. The van der Waals surface area contributed by atoms with Gasteiger partial charge in [0.05, 0.1) is 44.5 Å². The van der Waals surface area contributed by atoms with Crippen molar-refractivity contribution in [3.05, 3.63) is 0 Å². The quantitative estimate of drug-likeness (QED) is 0.00393. The number of ether oxygens (including phenoxy) is 10. The molecule has 0 spiro atoms. The smallest absolute Gasteiger partial charge is 0.726 e. The fraction of sp³-hybridized carbons (Fsp3) is 0.944. The Kier molecular flexibility index (Phi) is 116. The summed E-state index contributed by atoms with van der Waals surface area (Å²) in [4.78, 5) is 25.2. The number of carbonyl (C=O) groups excluding carboxylic acids is 1. The van der Waals surface area contributed by atoms with Crippen LogP contribution in [0.4, 0.5) is 0 Å². The normalized spacial score (nSPS) is 31.8. The molecule has 0 amide bonds. The molecule has 6 heterocycles. The van der Waals surface area contributed by atoms with Crippen LogP contribution in [0.25, 0.3) is 0 Å². The summed E-state index contributed by atoms with van der Waals surface area (Å²) in [6.07, 6.45) is -59.8. The van der Waals surface area contributed by atoms with Gasteiger partial charge in [-0.25, -0.2) is 57.4 Å². The van der Waals surface area contributed by atoms with Crippen molar-refractivity contribution >= 4 is 152 Å². The number of aliphatic hydroxyl groups is 8. The molecular formula is C36H51N4Na13O66S12Y2. The summed E-state index contributed by atoms with van der Waals surface area (Å²) in [6.45, 7) is -5.01. The zero-order valence-corrected chi connectivity index (χ0v) is 111. The van der Waals surface area contributed by atoms with E-state index in [1.165, 1.54) is 0 Å². The minimum Gasteiger partial charge on any atom is -0.726 e. The second-order valence-corrected chi connectivity index (χ2v) is 29.4. The van der Waals surface area contributed by atoms with Gasteiger partial charge in [-0.2, -0.15) is 17.3 Å². The summed E-state index contributed by atoms with van der Waals surface area (Å²) in [5, 5.41) is 215. The van der Waals surface area contributed by atoms with Gasteiger partial charge >= 0.3 is 390 Å². The van der Waals surface area contributed by atoms with Crippen LogP contribution >= 0.6 is 98.2 Å². The molecule has 6 fully saturated rings. The largest absolute Gasteiger partial charge is 1.00 e. The SMILES string of the molecule is O=C(O)C1O[C@@H](O[C@@H]2C(CO)O[C@H](O)C(NSOO[O-])[C@H]2O)C(OS(=O)(=O)[O-])[C@@H](O)[C@@H]1O[C@H]1OC(CO)[C@@H](O)[C@H](O)C1NSOO[O-].O=C([O-])C1O[C@@H](O[C@@H]2C(COS(=O)(=O)[O-])O[C@H](O)C(NSOO[O-])[C@@H]2OSOO[O-])C(OS(=O)(=O)[O-])[C@H](OSOO[O-])[C@@H]1O[C@H]1OC(COS(=O)(=O)[O-])[C@@H](OSOO[O-])[C@@H](OSOO[O-])C1NSOO[O-].[Na+].[Na+].[Na+].[Na+].[Na+].[Na+].[Na+].[Na+].[Na+].[Na+].[Na+].[Na+].[Na+].[Y].[Y]. The van der Waals surface area contributed by atoms with Crippen molar-refractivity contribution in [1.82, 2.24) is 18.9 Å². The first-order valence-corrected chi connectivity index (χ1v) is 40.2. The summed E-state index contributed by atoms with van der Waals surface area (Å²) in [6, 6.07) is -7.43. The average Bonchev–Trinajstić information content (AvgIpc) is 0.755. The number of aliphatic hydroxyl groups excluding tert-OH is 8. The van der Waals surface area contributed by atoms with Crippen LogP contribution in [0.1, 0.15) is 0 Å². The first kappa shape index (κ1) is 170. The number of rotatable bonds is 54. The van der Waals surface area contributed by atoms with Gasteiger partial charge in [0.2, 0.25) is 41.6 Å². The van der Waals surface area contributed by atoms with E-state index in [4.69, 9.17) is 64.1 Å². The van der Waals surface area contributed by atoms with E-state index in [1.807, 2.05) is 0 Å². The Morgan fingerprint density at radius 2 is 0.654 bits per heavy atom. The van der Waals surface area contributed by atoms with Gasteiger partial charge in [-0.15, -0.1) is 17.3 Å². The van der Waals surface area contributed by atoms with Crippen LogP contribution in [0.3, 0.4) is 0 Å². The van der Waals surface area contributed by atoms with Gasteiger partial charge in [-0.05, 0) is 0 Å². The third kappa shape index (κ3) is 60.6. The zero-order chi connectivity index (χ0) is 87.8. The van der Waals surface area contributed by atoms with E-state index in [-0.39, 0.29) is 511 Å². The molecule has 702 valence electrons. The Balaban J connectivity index is -0.000000237. The van der Waals surface area contributed by atoms with Crippen LogP contribution in [-0.4, -0.2) is 320 Å². The molecule has 12 unspecified atom stereocenters. The summed E-state index contributed by atoms with van der Waals surface area (Å²) >= 11 is -2.22. The average molecular weight is 2460 g/mol. The van der Waals surface area contributed by atoms with Crippen LogP contribution in [0, 0.1) is 0 Å². The van der Waals surface area contributed by atoms with Crippen LogP contribution in [0.2, 0.25) is 0 Å². The topological polar surface area (TPSA) is 1010 Å². The molecule has 13 N–H and O–H groups in total. The minimum atomic E-state index is -6.26. The zero-order valence-electron chi connectivity index (χ0n) is 69.5. The number of nitrogens with one attached hydrogen (secondary N) is 4. The van der Waals surface area contributed by atoms with Crippen molar-refractivity contribution in [3.8, 4) is 0 Å². The molecule has 6 aliphatic heterocycles. The van der Waals surface area contributed by atoms with Crippen LogP contribution in [-0.2, 0) is 272 Å². The van der Waals surface area contributed by atoms with E-state index in [1.54, 1.807) is 0 Å². The predicted octanol–water partition coefficient (Wildman–Crippen LogP) is -60.5. The molecule has 0 aliphatic carbocycles. The van der Waals surface area contributed by atoms with Crippen LogP contribution in [0.15, 0.2) is 0 Å². The Morgan fingerprint density at radius 3 is 1.07 bits per heavy atom. The molecule has 70 nitrogen and oxygen atoms in total. The van der Waals surface area contributed by atoms with Gasteiger partial charge in [0.15, 0.2) is 105 Å². The maximum atomic E-state index is 13.0. The van der Waals surface area contributed by atoms with Crippen LogP contribution < -0.4 is 450 Å². The second-order valence-electron chi connectivity index (χ2n) is 21.3. The first-order chi connectivity index (χ1) is 55.8. The van der Waals surface area contributed by atoms with Crippen molar-refractivity contribution in [2.24, 2.45) is 0 Å². The van der Waals surface area contributed by atoms with Gasteiger partial charge in [0, 0.05) is 65.4 Å². The van der Waals surface area contributed by atoms with Crippen molar-refractivity contribution in [2.75, 3.05) is 26.4 Å². The second kappa shape index (κ2) is 91.0. The van der Waals surface area contributed by atoms with E-state index in [9.17, 15) is 155 Å². The summed E-state index contributed by atoms with van der Waals surface area (Å²) < 4.78 is 274. The molecule has 133 heavy (non-hydrogen) atoms. The van der Waals surface area contributed by atoms with E-state index < -0.39 is 301 Å². The van der Waals surface area contributed by atoms with E-state index in [2.05, 4.69) is 111 Å².